The molecule has 2 aromatic rings. The summed E-state index contributed by atoms with van der Waals surface area (Å²) in [6.45, 7) is 2.02. The number of anilines is 2. The van der Waals surface area contributed by atoms with Gasteiger partial charge >= 0.3 is 6.03 Å². The Labute approximate surface area is 149 Å². The van der Waals surface area contributed by atoms with Gasteiger partial charge in [-0.05, 0) is 31.4 Å². The van der Waals surface area contributed by atoms with E-state index in [1.165, 1.54) is 36.8 Å². The fourth-order valence-corrected chi connectivity index (χ4v) is 3.61. The van der Waals surface area contributed by atoms with Crippen molar-refractivity contribution in [1.82, 2.24) is 10.4 Å². The van der Waals surface area contributed by atoms with E-state index in [-0.39, 0.29) is 0 Å². The molecule has 2 heterocycles. The summed E-state index contributed by atoms with van der Waals surface area (Å²) in [6, 6.07) is 8.76. The van der Waals surface area contributed by atoms with Gasteiger partial charge in [0.25, 0.3) is 0 Å². The first-order valence-electron chi connectivity index (χ1n) is 7.79. The summed E-state index contributed by atoms with van der Waals surface area (Å²) in [4.78, 5) is 19.1. The smallest absolute Gasteiger partial charge is 0.339 e. The first-order valence-corrected chi connectivity index (χ1v) is 8.98. The van der Waals surface area contributed by atoms with E-state index in [2.05, 4.69) is 25.7 Å². The molecule has 6 nitrogen and oxygen atoms in total. The molecule has 0 spiro atoms. The van der Waals surface area contributed by atoms with E-state index in [0.29, 0.717) is 10.8 Å². The molecule has 1 saturated heterocycles. The van der Waals surface area contributed by atoms with Crippen LogP contribution in [0.3, 0.4) is 0 Å². The number of hydrazone groups is 1. The number of hydrogen-bond donors (Lipinski definition) is 2. The van der Waals surface area contributed by atoms with Gasteiger partial charge in [-0.1, -0.05) is 41.1 Å². The molecular weight excluding hydrogens is 346 g/mol. The Kier molecular flexibility index (Phi) is 5.66. The van der Waals surface area contributed by atoms with E-state index in [9.17, 15) is 4.79 Å². The second-order valence-corrected chi connectivity index (χ2v) is 6.76. The highest BCUT2D eigenvalue weighted by atomic mass is 35.5. The number of rotatable bonds is 4. The van der Waals surface area contributed by atoms with Crippen molar-refractivity contribution in [3.63, 3.8) is 0 Å². The lowest BCUT2D eigenvalue weighted by atomic mass is 10.1. The van der Waals surface area contributed by atoms with Crippen LogP contribution in [-0.4, -0.2) is 30.3 Å². The third kappa shape index (κ3) is 4.46. The molecule has 24 heavy (non-hydrogen) atoms. The zero-order valence-electron chi connectivity index (χ0n) is 13.0. The molecule has 3 rings (SSSR count). The summed E-state index contributed by atoms with van der Waals surface area (Å²) in [5, 5.41) is 7.94. The lowest BCUT2D eigenvalue weighted by Crippen LogP contribution is -2.29. The Morgan fingerprint density at radius 1 is 1.25 bits per heavy atom. The number of amides is 2. The molecule has 2 N–H and O–H groups in total. The Morgan fingerprint density at radius 3 is 2.75 bits per heavy atom. The van der Waals surface area contributed by atoms with Crippen molar-refractivity contribution < 1.29 is 4.79 Å². The average molecular weight is 364 g/mol. The maximum absolute atomic E-state index is 11.8. The Morgan fingerprint density at radius 2 is 2.00 bits per heavy atom. The second-order valence-electron chi connectivity index (χ2n) is 5.39. The third-order valence-electron chi connectivity index (χ3n) is 3.60. The summed E-state index contributed by atoms with van der Waals surface area (Å²) in [5.41, 5.74) is 3.12. The van der Waals surface area contributed by atoms with E-state index < -0.39 is 6.03 Å². The number of carbonyl (C=O) groups is 1. The molecule has 0 bridgehead atoms. The number of nitrogens with one attached hydrogen (secondary N) is 2. The fourth-order valence-electron chi connectivity index (χ4n) is 2.43. The number of thiazole rings is 1. The quantitative estimate of drug-likeness (QED) is 0.638. The summed E-state index contributed by atoms with van der Waals surface area (Å²) in [7, 11) is 0. The zero-order chi connectivity index (χ0) is 16.8. The maximum Gasteiger partial charge on any atom is 0.339 e. The van der Waals surface area contributed by atoms with Gasteiger partial charge in [-0.2, -0.15) is 5.10 Å². The predicted octanol–water partition coefficient (Wildman–Crippen LogP) is 3.94. The van der Waals surface area contributed by atoms with Crippen LogP contribution in [0, 0.1) is 0 Å². The van der Waals surface area contributed by atoms with Crippen molar-refractivity contribution in [1.29, 1.82) is 0 Å². The molecule has 1 aromatic heterocycles. The van der Waals surface area contributed by atoms with E-state index in [1.54, 1.807) is 12.1 Å². The van der Waals surface area contributed by atoms with Crippen LogP contribution in [0.4, 0.5) is 15.6 Å². The Hall–Kier alpha value is -2.12. The fraction of sp³-hybridized carbons (Fsp3) is 0.312. The highest BCUT2D eigenvalue weighted by Crippen LogP contribution is 2.30. The number of urea groups is 1. The summed E-state index contributed by atoms with van der Waals surface area (Å²) in [6.07, 6.45) is 5.16. The lowest BCUT2D eigenvalue weighted by Gasteiger charge is -2.25. The van der Waals surface area contributed by atoms with Crippen LogP contribution >= 0.6 is 22.9 Å². The number of benzene rings is 1. The van der Waals surface area contributed by atoms with Crippen molar-refractivity contribution >= 4 is 46.0 Å². The second kappa shape index (κ2) is 8.12. The topological polar surface area (TPSA) is 69.6 Å². The van der Waals surface area contributed by atoms with Crippen LogP contribution in [0.15, 0.2) is 35.4 Å². The monoisotopic (exact) mass is 363 g/mol. The van der Waals surface area contributed by atoms with Crippen LogP contribution in [0.5, 0.6) is 0 Å². The van der Waals surface area contributed by atoms with E-state index in [1.807, 2.05) is 18.2 Å². The third-order valence-corrected chi connectivity index (χ3v) is 5.06. The lowest BCUT2D eigenvalue weighted by molar-refractivity contribution is 0.252. The first kappa shape index (κ1) is 16.7. The van der Waals surface area contributed by atoms with Crippen molar-refractivity contribution in [3.05, 3.63) is 40.4 Å². The molecule has 126 valence electrons. The van der Waals surface area contributed by atoms with Gasteiger partial charge in [-0.25, -0.2) is 15.2 Å². The standard InChI is InChI=1S/C16H18ClN5OS/c17-14-13(24-16(20-14)22-9-5-2-6-10-22)11-18-21-15(23)19-12-7-3-1-4-8-12/h1,3-4,7-8,11H,2,5-6,9-10H2,(H2,19,21,23)/b18-11-. The highest BCUT2D eigenvalue weighted by molar-refractivity contribution is 7.17. The van der Waals surface area contributed by atoms with Crippen LogP contribution in [-0.2, 0) is 0 Å². The highest BCUT2D eigenvalue weighted by Gasteiger charge is 2.16. The molecule has 1 aromatic carbocycles. The van der Waals surface area contributed by atoms with Crippen LogP contribution in [0.2, 0.25) is 5.15 Å². The molecule has 1 aliphatic heterocycles. The number of aromatic nitrogens is 1. The van der Waals surface area contributed by atoms with Crippen molar-refractivity contribution in [2.24, 2.45) is 5.10 Å². The first-order chi connectivity index (χ1) is 11.7. The van der Waals surface area contributed by atoms with E-state index >= 15 is 0 Å². The molecule has 0 aliphatic carbocycles. The van der Waals surface area contributed by atoms with Crippen molar-refractivity contribution in [2.45, 2.75) is 19.3 Å². The minimum Gasteiger partial charge on any atom is -0.348 e. The summed E-state index contributed by atoms with van der Waals surface area (Å²) < 4.78 is 0. The van der Waals surface area contributed by atoms with Gasteiger partial charge in [-0.15, -0.1) is 0 Å². The van der Waals surface area contributed by atoms with Crippen LogP contribution < -0.4 is 15.6 Å². The van der Waals surface area contributed by atoms with Gasteiger partial charge in [0.05, 0.1) is 11.1 Å². The number of hydrogen-bond acceptors (Lipinski definition) is 5. The van der Waals surface area contributed by atoms with Gasteiger partial charge in [0.2, 0.25) is 0 Å². The van der Waals surface area contributed by atoms with Crippen molar-refractivity contribution in [3.8, 4) is 0 Å². The molecule has 8 heteroatoms. The Bertz CT molecular complexity index is 713. The van der Waals surface area contributed by atoms with Gasteiger partial charge in [0.15, 0.2) is 10.3 Å². The minimum atomic E-state index is -0.408. The summed E-state index contributed by atoms with van der Waals surface area (Å²) >= 11 is 7.65. The molecule has 0 unspecified atom stereocenters. The molecule has 0 radical (unpaired) electrons. The van der Waals surface area contributed by atoms with Gasteiger partial charge < -0.3 is 10.2 Å². The molecule has 1 fully saturated rings. The largest absolute Gasteiger partial charge is 0.348 e. The number of halogens is 1. The molecule has 2 amide bonds. The van der Waals surface area contributed by atoms with Crippen LogP contribution in [0.25, 0.3) is 0 Å². The van der Waals surface area contributed by atoms with Crippen LogP contribution in [0.1, 0.15) is 24.1 Å². The van der Waals surface area contributed by atoms with E-state index in [4.69, 9.17) is 11.6 Å². The summed E-state index contributed by atoms with van der Waals surface area (Å²) in [5.74, 6) is 0. The van der Waals surface area contributed by atoms with Crippen molar-refractivity contribution in [2.75, 3.05) is 23.3 Å². The Balaban J connectivity index is 1.56. The van der Waals surface area contributed by atoms with Gasteiger partial charge in [0, 0.05) is 18.8 Å². The molecular formula is C16H18ClN5OS. The number of piperidine rings is 1. The normalized spacial score (nSPS) is 14.8. The van der Waals surface area contributed by atoms with E-state index in [0.717, 1.165) is 23.1 Å². The predicted molar refractivity (Wildman–Crippen MR) is 99.4 cm³/mol. The zero-order valence-corrected chi connectivity index (χ0v) is 14.6. The SMILES string of the molecule is O=C(N/N=C\c1sc(N2CCCCC2)nc1Cl)Nc1ccccc1. The van der Waals surface area contributed by atoms with Gasteiger partial charge in [0.1, 0.15) is 0 Å². The molecule has 1 aliphatic rings. The number of carbonyl (C=O) groups excluding carboxylic acids is 1. The maximum atomic E-state index is 11.8. The average Bonchev–Trinajstić information content (AvgIpc) is 2.98. The molecule has 0 saturated carbocycles. The number of para-hydroxylation sites is 1. The minimum absolute atomic E-state index is 0.408. The van der Waals surface area contributed by atoms with Gasteiger partial charge in [-0.3, -0.25) is 0 Å². The number of nitrogens with zero attached hydrogens (tertiary/aromatic N) is 3. The molecule has 0 atom stereocenters.